The number of nitrogen functional groups attached to an aromatic ring is 1. The van der Waals surface area contributed by atoms with E-state index in [1.165, 1.54) is 0 Å². The van der Waals surface area contributed by atoms with Crippen LogP contribution >= 0.6 is 11.8 Å². The third kappa shape index (κ3) is 5.66. The molecule has 2 amide bonds. The lowest BCUT2D eigenvalue weighted by atomic mass is 9.99. The number of nitrogens with two attached hydrogens (primary N) is 1. The van der Waals surface area contributed by atoms with Gasteiger partial charge in [0, 0.05) is 5.69 Å². The van der Waals surface area contributed by atoms with Crippen molar-refractivity contribution in [1.29, 1.82) is 0 Å². The summed E-state index contributed by atoms with van der Waals surface area (Å²) in [6.45, 7) is 5.17. The monoisotopic (exact) mass is 486 g/mol. The molecule has 0 aliphatic carbocycles. The number of anilines is 1. The van der Waals surface area contributed by atoms with Gasteiger partial charge < -0.3 is 15.6 Å². The van der Waals surface area contributed by atoms with E-state index in [2.05, 4.69) is 10.6 Å². The summed E-state index contributed by atoms with van der Waals surface area (Å²) in [5.74, 6) is -1.75. The minimum atomic E-state index is -1.11. The van der Waals surface area contributed by atoms with E-state index in [9.17, 15) is 19.3 Å². The van der Waals surface area contributed by atoms with Gasteiger partial charge in [-0.15, -0.1) is 16.7 Å². The number of carboxylic acids is 1. The van der Waals surface area contributed by atoms with Crippen molar-refractivity contribution in [3.8, 4) is 5.75 Å². The van der Waals surface area contributed by atoms with Gasteiger partial charge in [0.1, 0.15) is 16.8 Å². The van der Waals surface area contributed by atoms with Crippen LogP contribution in [0.25, 0.3) is 0 Å². The molecule has 2 unspecified atom stereocenters. The number of nitrogens with zero attached hydrogens (tertiary/aromatic N) is 2. The largest absolute Gasteiger partial charge is 0.483 e. The number of carboxylic acid groups (broad SMARTS) is 1. The Hall–Kier alpha value is -3.60. The van der Waals surface area contributed by atoms with E-state index in [1.807, 2.05) is 13.8 Å². The fourth-order valence-electron chi connectivity index (χ4n) is 3.51. The molecule has 0 aromatic heterocycles. The molecule has 10 nitrogen and oxygen atoms in total. The van der Waals surface area contributed by atoms with Crippen LogP contribution in [0, 0.1) is 11.8 Å². The molecule has 1 aliphatic rings. The molecule has 34 heavy (non-hydrogen) atoms. The van der Waals surface area contributed by atoms with Gasteiger partial charge in [-0.05, 0) is 59.0 Å². The van der Waals surface area contributed by atoms with Gasteiger partial charge in [0.15, 0.2) is 6.61 Å². The SMILES string of the molecule is Cc1cc(OCC(=O)NN2C(=O)C(CC(=O)O)SC2c2ccc(N)cc2)c(C(C)C)cc1N=O. The standard InChI is InChI=1S/C23H26N4O6S/c1-12(2)16-9-17(26-32)13(3)8-18(16)33-11-20(28)25-27-22(31)19(10-21(29)30)34-23(27)14-4-6-15(24)7-5-14/h4-9,12,19,23H,10-11,24H2,1-3H3,(H,25,28)(H,29,30). The smallest absolute Gasteiger partial charge is 0.305 e. The Morgan fingerprint density at radius 3 is 2.53 bits per heavy atom. The molecule has 1 heterocycles. The van der Waals surface area contributed by atoms with Crippen LogP contribution in [-0.2, 0) is 14.4 Å². The molecule has 2 aromatic carbocycles. The Kier molecular flexibility index (Phi) is 7.77. The Morgan fingerprint density at radius 2 is 1.94 bits per heavy atom. The highest BCUT2D eigenvalue weighted by atomic mass is 32.2. The van der Waals surface area contributed by atoms with Gasteiger partial charge in [-0.3, -0.25) is 19.8 Å². The summed E-state index contributed by atoms with van der Waals surface area (Å²) in [6.07, 6.45) is -0.369. The number of hydrogen-bond donors (Lipinski definition) is 3. The number of nitroso groups, excluding NO2 is 1. The van der Waals surface area contributed by atoms with Crippen LogP contribution in [0.2, 0.25) is 0 Å². The van der Waals surface area contributed by atoms with Crippen molar-refractivity contribution in [2.75, 3.05) is 12.3 Å². The first-order valence-electron chi connectivity index (χ1n) is 10.6. The molecule has 0 bridgehead atoms. The number of aryl methyl sites for hydroxylation is 1. The van der Waals surface area contributed by atoms with Crippen molar-refractivity contribution in [3.05, 3.63) is 58.0 Å². The first-order valence-corrected chi connectivity index (χ1v) is 11.5. The molecular formula is C23H26N4O6S. The van der Waals surface area contributed by atoms with Crippen LogP contribution in [0.4, 0.5) is 11.4 Å². The number of thioether (sulfide) groups is 1. The molecule has 0 saturated carbocycles. The highest BCUT2D eigenvalue weighted by molar-refractivity contribution is 8.01. The molecule has 1 saturated heterocycles. The van der Waals surface area contributed by atoms with E-state index in [0.717, 1.165) is 22.3 Å². The molecule has 2 aromatic rings. The fourth-order valence-corrected chi connectivity index (χ4v) is 4.88. The van der Waals surface area contributed by atoms with Crippen LogP contribution in [0.5, 0.6) is 5.75 Å². The van der Waals surface area contributed by atoms with E-state index in [-0.39, 0.29) is 18.9 Å². The molecule has 3 rings (SSSR count). The zero-order valence-electron chi connectivity index (χ0n) is 19.0. The minimum Gasteiger partial charge on any atom is -0.483 e. The van der Waals surface area contributed by atoms with Gasteiger partial charge in [-0.2, -0.15) is 0 Å². The first kappa shape index (κ1) is 25.0. The lowest BCUT2D eigenvalue weighted by molar-refractivity contribution is -0.144. The predicted octanol–water partition coefficient (Wildman–Crippen LogP) is 3.63. The summed E-state index contributed by atoms with van der Waals surface area (Å²) >= 11 is 1.14. The molecule has 0 spiro atoms. The highest BCUT2D eigenvalue weighted by Gasteiger charge is 2.43. The van der Waals surface area contributed by atoms with E-state index >= 15 is 0 Å². The second kappa shape index (κ2) is 10.6. The number of amides is 2. The summed E-state index contributed by atoms with van der Waals surface area (Å²) in [5, 5.41) is 11.9. The predicted molar refractivity (Wildman–Crippen MR) is 128 cm³/mol. The summed E-state index contributed by atoms with van der Waals surface area (Å²) in [6, 6.07) is 10.1. The normalized spacial score (nSPS) is 17.6. The van der Waals surface area contributed by atoms with Crippen molar-refractivity contribution in [1.82, 2.24) is 10.4 Å². The number of nitrogens with one attached hydrogen (secondary N) is 1. The number of rotatable bonds is 9. The van der Waals surface area contributed by atoms with Gasteiger partial charge in [-0.1, -0.05) is 26.0 Å². The van der Waals surface area contributed by atoms with Crippen molar-refractivity contribution >= 4 is 40.9 Å². The number of carbonyl (C=O) groups excluding carboxylic acids is 2. The third-order valence-electron chi connectivity index (χ3n) is 5.27. The number of carbonyl (C=O) groups is 3. The highest BCUT2D eigenvalue weighted by Crippen LogP contribution is 2.43. The zero-order valence-corrected chi connectivity index (χ0v) is 19.8. The number of aliphatic carboxylic acids is 1. The van der Waals surface area contributed by atoms with E-state index in [1.54, 1.807) is 43.3 Å². The summed E-state index contributed by atoms with van der Waals surface area (Å²) in [4.78, 5) is 47.8. The molecule has 1 aliphatic heterocycles. The topological polar surface area (TPSA) is 151 Å². The number of hydrazine groups is 1. The zero-order chi connectivity index (χ0) is 25.0. The number of ether oxygens (including phenoxy) is 1. The molecule has 2 atom stereocenters. The average Bonchev–Trinajstić information content (AvgIpc) is 3.07. The Bertz CT molecular complexity index is 1110. The van der Waals surface area contributed by atoms with Crippen LogP contribution in [0.15, 0.2) is 41.6 Å². The summed E-state index contributed by atoms with van der Waals surface area (Å²) in [7, 11) is 0. The van der Waals surface area contributed by atoms with Crippen molar-refractivity contribution < 1.29 is 24.2 Å². The van der Waals surface area contributed by atoms with Gasteiger partial charge in [-0.25, -0.2) is 5.01 Å². The summed E-state index contributed by atoms with van der Waals surface area (Å²) in [5.41, 5.74) is 11.2. The molecule has 180 valence electrons. The Balaban J connectivity index is 1.77. The maximum absolute atomic E-state index is 12.9. The van der Waals surface area contributed by atoms with E-state index in [4.69, 9.17) is 15.6 Å². The Labute approximate surface area is 200 Å². The van der Waals surface area contributed by atoms with Gasteiger partial charge >= 0.3 is 5.97 Å². The van der Waals surface area contributed by atoms with Gasteiger partial charge in [0.05, 0.1) is 11.7 Å². The van der Waals surface area contributed by atoms with E-state index < -0.39 is 28.4 Å². The molecule has 11 heteroatoms. The molecule has 1 fully saturated rings. The lowest BCUT2D eigenvalue weighted by Gasteiger charge is -2.25. The summed E-state index contributed by atoms with van der Waals surface area (Å²) < 4.78 is 5.72. The third-order valence-corrected chi connectivity index (χ3v) is 6.71. The molecule has 0 radical (unpaired) electrons. The maximum atomic E-state index is 12.9. The van der Waals surface area contributed by atoms with Gasteiger partial charge in [0.2, 0.25) is 0 Å². The average molecular weight is 487 g/mol. The second-order valence-electron chi connectivity index (χ2n) is 8.20. The fraction of sp³-hybridized carbons (Fsp3) is 0.348. The van der Waals surface area contributed by atoms with Crippen molar-refractivity contribution in [3.63, 3.8) is 0 Å². The first-order chi connectivity index (χ1) is 16.1. The van der Waals surface area contributed by atoms with Crippen LogP contribution in [-0.4, -0.2) is 39.8 Å². The Morgan fingerprint density at radius 1 is 1.26 bits per heavy atom. The van der Waals surface area contributed by atoms with Crippen LogP contribution < -0.4 is 15.9 Å². The molecular weight excluding hydrogens is 460 g/mol. The van der Waals surface area contributed by atoms with Crippen molar-refractivity contribution in [2.24, 2.45) is 5.18 Å². The minimum absolute atomic E-state index is 0.0161. The van der Waals surface area contributed by atoms with Gasteiger partial charge in [0.25, 0.3) is 11.8 Å². The van der Waals surface area contributed by atoms with E-state index in [0.29, 0.717) is 28.3 Å². The lowest BCUT2D eigenvalue weighted by Crippen LogP contribution is -2.47. The van der Waals surface area contributed by atoms with Crippen molar-refractivity contribution in [2.45, 2.75) is 43.7 Å². The quantitative estimate of drug-likeness (QED) is 0.359. The number of hydrogen-bond acceptors (Lipinski definition) is 8. The van der Waals surface area contributed by atoms with Crippen LogP contribution in [0.3, 0.4) is 0 Å². The number of benzene rings is 2. The maximum Gasteiger partial charge on any atom is 0.305 e. The molecule has 4 N–H and O–H groups in total. The van der Waals surface area contributed by atoms with Crippen LogP contribution in [0.1, 0.15) is 48.3 Å². The second-order valence-corrected chi connectivity index (χ2v) is 9.48.